The number of likely N-dealkylation sites (tertiary alicyclic amines) is 1. The van der Waals surface area contributed by atoms with Gasteiger partial charge in [0.05, 0.1) is 10.6 Å². The van der Waals surface area contributed by atoms with Gasteiger partial charge in [-0.1, -0.05) is 52.9 Å². The summed E-state index contributed by atoms with van der Waals surface area (Å²) in [6.07, 6.45) is 2.12. The Hall–Kier alpha value is -0.620. The van der Waals surface area contributed by atoms with E-state index in [4.69, 9.17) is 0 Å². The number of amides is 1. The SMILES string of the molecule is O=C(NCc1ccccc1)[C@H]1CCCN1CI. The lowest BCUT2D eigenvalue weighted by atomic mass is 10.2. The molecule has 4 heteroatoms. The minimum atomic E-state index is 0.0793. The van der Waals surface area contributed by atoms with Gasteiger partial charge >= 0.3 is 0 Å². The van der Waals surface area contributed by atoms with Crippen LogP contribution in [-0.2, 0) is 11.3 Å². The van der Waals surface area contributed by atoms with Crippen LogP contribution in [0.25, 0.3) is 0 Å². The number of hydrogen-bond donors (Lipinski definition) is 1. The zero-order valence-corrected chi connectivity index (χ0v) is 11.9. The molecule has 0 radical (unpaired) electrons. The van der Waals surface area contributed by atoms with Crippen molar-refractivity contribution in [3.8, 4) is 0 Å². The van der Waals surface area contributed by atoms with Crippen LogP contribution in [0.4, 0.5) is 0 Å². The van der Waals surface area contributed by atoms with Crippen LogP contribution in [0.2, 0.25) is 0 Å². The molecule has 0 aliphatic carbocycles. The number of nitrogens with one attached hydrogen (secondary N) is 1. The maximum Gasteiger partial charge on any atom is 0.237 e. The van der Waals surface area contributed by atoms with E-state index in [0.29, 0.717) is 6.54 Å². The molecular formula is C13H17IN2O. The van der Waals surface area contributed by atoms with Crippen molar-refractivity contribution in [3.63, 3.8) is 0 Å². The zero-order valence-electron chi connectivity index (χ0n) is 9.73. The fourth-order valence-electron chi connectivity index (χ4n) is 2.17. The highest BCUT2D eigenvalue weighted by molar-refractivity contribution is 14.1. The minimum Gasteiger partial charge on any atom is -0.351 e. The molecule has 1 saturated heterocycles. The van der Waals surface area contributed by atoms with Gasteiger partial charge in [0.15, 0.2) is 0 Å². The third kappa shape index (κ3) is 3.42. The Balaban J connectivity index is 1.85. The molecule has 1 atom stereocenters. The van der Waals surface area contributed by atoms with Crippen molar-refractivity contribution < 1.29 is 4.79 Å². The van der Waals surface area contributed by atoms with Gasteiger partial charge in [-0.15, -0.1) is 0 Å². The van der Waals surface area contributed by atoms with E-state index in [0.717, 1.165) is 29.5 Å². The topological polar surface area (TPSA) is 32.3 Å². The molecule has 0 spiro atoms. The normalized spacial score (nSPS) is 20.4. The minimum absolute atomic E-state index is 0.0793. The van der Waals surface area contributed by atoms with E-state index in [2.05, 4.69) is 32.8 Å². The number of carbonyl (C=O) groups excluding carboxylic acids is 1. The lowest BCUT2D eigenvalue weighted by Crippen LogP contribution is -2.42. The van der Waals surface area contributed by atoms with E-state index in [1.165, 1.54) is 0 Å². The fraction of sp³-hybridized carbons (Fsp3) is 0.462. The summed E-state index contributed by atoms with van der Waals surface area (Å²) in [5.74, 6) is 0.169. The highest BCUT2D eigenvalue weighted by Gasteiger charge is 2.29. The molecular weight excluding hydrogens is 327 g/mol. The van der Waals surface area contributed by atoms with Crippen molar-refractivity contribution in [2.24, 2.45) is 0 Å². The van der Waals surface area contributed by atoms with E-state index in [1.807, 2.05) is 30.3 Å². The Bertz CT molecular complexity index is 369. The van der Waals surface area contributed by atoms with E-state index >= 15 is 0 Å². The first-order chi connectivity index (χ1) is 8.31. The molecule has 3 nitrogen and oxygen atoms in total. The van der Waals surface area contributed by atoms with Crippen LogP contribution in [0, 0.1) is 0 Å². The fourth-order valence-corrected chi connectivity index (χ4v) is 2.99. The summed E-state index contributed by atoms with van der Waals surface area (Å²) in [5, 5.41) is 3.02. The van der Waals surface area contributed by atoms with Gasteiger partial charge in [0.25, 0.3) is 0 Å². The summed E-state index contributed by atoms with van der Waals surface area (Å²) < 4.78 is 0.932. The van der Waals surface area contributed by atoms with Crippen LogP contribution in [0.15, 0.2) is 30.3 Å². The van der Waals surface area contributed by atoms with Crippen LogP contribution in [0.5, 0.6) is 0 Å². The molecule has 0 saturated carbocycles. The summed E-state index contributed by atoms with van der Waals surface area (Å²) in [5.41, 5.74) is 1.15. The summed E-state index contributed by atoms with van der Waals surface area (Å²) >= 11 is 2.32. The quantitative estimate of drug-likeness (QED) is 0.516. The smallest absolute Gasteiger partial charge is 0.237 e. The zero-order chi connectivity index (χ0) is 12.1. The molecule has 2 rings (SSSR count). The highest BCUT2D eigenvalue weighted by atomic mass is 127. The number of carbonyl (C=O) groups is 1. The molecule has 0 bridgehead atoms. The number of hydrogen-bond acceptors (Lipinski definition) is 2. The van der Waals surface area contributed by atoms with Crippen molar-refractivity contribution in [1.82, 2.24) is 10.2 Å². The first-order valence-corrected chi connectivity index (χ1v) is 7.45. The van der Waals surface area contributed by atoms with Crippen molar-refractivity contribution >= 4 is 28.5 Å². The van der Waals surface area contributed by atoms with Crippen LogP contribution in [0.1, 0.15) is 18.4 Å². The van der Waals surface area contributed by atoms with Crippen LogP contribution in [-0.4, -0.2) is 27.9 Å². The maximum atomic E-state index is 12.0. The van der Waals surface area contributed by atoms with E-state index in [-0.39, 0.29) is 11.9 Å². The summed E-state index contributed by atoms with van der Waals surface area (Å²) in [7, 11) is 0. The second-order valence-corrected chi connectivity index (χ2v) is 4.98. The van der Waals surface area contributed by atoms with Crippen molar-refractivity contribution in [3.05, 3.63) is 35.9 Å². The predicted molar refractivity (Wildman–Crippen MR) is 76.9 cm³/mol. The summed E-state index contributed by atoms with van der Waals surface area (Å²) in [4.78, 5) is 14.3. The summed E-state index contributed by atoms with van der Waals surface area (Å²) in [6.45, 7) is 1.68. The Morgan fingerprint density at radius 3 is 2.88 bits per heavy atom. The van der Waals surface area contributed by atoms with E-state index in [1.54, 1.807) is 0 Å². The Morgan fingerprint density at radius 1 is 1.41 bits per heavy atom. The van der Waals surface area contributed by atoms with Gasteiger partial charge in [0.1, 0.15) is 0 Å². The van der Waals surface area contributed by atoms with Crippen LogP contribution < -0.4 is 5.32 Å². The highest BCUT2D eigenvalue weighted by Crippen LogP contribution is 2.18. The number of alkyl halides is 1. The van der Waals surface area contributed by atoms with Gasteiger partial charge < -0.3 is 5.32 Å². The largest absolute Gasteiger partial charge is 0.351 e. The van der Waals surface area contributed by atoms with Gasteiger partial charge in [-0.25, -0.2) is 0 Å². The second-order valence-electron chi connectivity index (χ2n) is 4.29. The van der Waals surface area contributed by atoms with Crippen molar-refractivity contribution in [2.75, 3.05) is 11.1 Å². The lowest BCUT2D eigenvalue weighted by molar-refractivity contribution is -0.125. The maximum absolute atomic E-state index is 12.0. The molecule has 1 N–H and O–H groups in total. The first-order valence-electron chi connectivity index (χ1n) is 5.93. The van der Waals surface area contributed by atoms with Gasteiger partial charge in [0, 0.05) is 6.54 Å². The molecule has 17 heavy (non-hydrogen) atoms. The lowest BCUT2D eigenvalue weighted by Gasteiger charge is -2.21. The van der Waals surface area contributed by atoms with Crippen molar-refractivity contribution in [2.45, 2.75) is 25.4 Å². The number of benzene rings is 1. The first kappa shape index (κ1) is 12.8. The predicted octanol–water partition coefficient (Wildman–Crippen LogP) is 2.16. The van der Waals surface area contributed by atoms with E-state index < -0.39 is 0 Å². The van der Waals surface area contributed by atoms with Gasteiger partial charge in [0.2, 0.25) is 5.91 Å². The molecule has 0 unspecified atom stereocenters. The average Bonchev–Trinajstić information content (AvgIpc) is 2.85. The van der Waals surface area contributed by atoms with Crippen molar-refractivity contribution in [1.29, 1.82) is 0 Å². The van der Waals surface area contributed by atoms with Gasteiger partial charge in [-0.05, 0) is 24.9 Å². The number of rotatable bonds is 4. The molecule has 92 valence electrons. The molecule has 1 heterocycles. The molecule has 1 aliphatic heterocycles. The standard InChI is InChI=1S/C13H17IN2O/c14-10-16-8-4-7-12(16)13(17)15-9-11-5-2-1-3-6-11/h1-3,5-6,12H,4,7-10H2,(H,15,17)/t12-/m1/s1. The monoisotopic (exact) mass is 344 g/mol. The Kier molecular flexibility index (Phi) is 4.79. The molecule has 1 aromatic carbocycles. The Labute approximate surface area is 116 Å². The Morgan fingerprint density at radius 2 is 2.18 bits per heavy atom. The summed E-state index contributed by atoms with van der Waals surface area (Å²) in [6, 6.07) is 10.1. The number of halogens is 1. The van der Waals surface area contributed by atoms with Gasteiger partial charge in [-0.3, -0.25) is 9.69 Å². The average molecular weight is 344 g/mol. The van der Waals surface area contributed by atoms with Crippen LogP contribution in [0.3, 0.4) is 0 Å². The second kappa shape index (κ2) is 6.35. The third-order valence-corrected chi connectivity index (χ3v) is 4.01. The van der Waals surface area contributed by atoms with Crippen LogP contribution >= 0.6 is 22.6 Å². The number of nitrogens with zero attached hydrogens (tertiary/aromatic N) is 1. The molecule has 1 aromatic rings. The third-order valence-electron chi connectivity index (χ3n) is 3.13. The van der Waals surface area contributed by atoms with E-state index in [9.17, 15) is 4.79 Å². The molecule has 1 amide bonds. The molecule has 1 fully saturated rings. The molecule has 0 aromatic heterocycles. The molecule has 1 aliphatic rings. The van der Waals surface area contributed by atoms with Gasteiger partial charge in [-0.2, -0.15) is 0 Å².